The van der Waals surface area contributed by atoms with Gasteiger partial charge in [0.15, 0.2) is 5.88 Å². The zero-order chi connectivity index (χ0) is 23.5. The third kappa shape index (κ3) is 4.81. The molecular formula is C27H34N4O2. The molecule has 2 unspecified atom stereocenters. The molecule has 1 aromatic heterocycles. The molecule has 4 N–H and O–H groups in total. The quantitative estimate of drug-likeness (QED) is 0.388. The van der Waals surface area contributed by atoms with Crippen molar-refractivity contribution in [3.63, 3.8) is 0 Å². The molecule has 1 aliphatic carbocycles. The van der Waals surface area contributed by atoms with Gasteiger partial charge in [0, 0.05) is 22.7 Å². The van der Waals surface area contributed by atoms with Crippen molar-refractivity contribution in [1.82, 2.24) is 10.3 Å². The first-order valence-corrected chi connectivity index (χ1v) is 11.8. The van der Waals surface area contributed by atoms with Crippen molar-refractivity contribution in [2.24, 2.45) is 10.9 Å². The van der Waals surface area contributed by atoms with Crippen LogP contribution in [0.3, 0.4) is 0 Å². The van der Waals surface area contributed by atoms with Crippen molar-refractivity contribution in [2.45, 2.75) is 52.5 Å². The third-order valence-electron chi connectivity index (χ3n) is 6.68. The molecule has 1 fully saturated rings. The van der Waals surface area contributed by atoms with Crippen LogP contribution in [0.5, 0.6) is 5.88 Å². The first kappa shape index (κ1) is 23.1. The fraction of sp³-hybridized carbons (Fsp3) is 0.407. The number of rotatable bonds is 7. The molecule has 2 aliphatic rings. The number of H-pyrrole nitrogens is 1. The van der Waals surface area contributed by atoms with E-state index < -0.39 is 0 Å². The Morgan fingerprint density at radius 1 is 1.30 bits per heavy atom. The molecule has 1 saturated heterocycles. The minimum atomic E-state index is 0.102. The van der Waals surface area contributed by atoms with Gasteiger partial charge in [-0.05, 0) is 55.4 Å². The predicted molar refractivity (Wildman–Crippen MR) is 135 cm³/mol. The number of amidine groups is 1. The van der Waals surface area contributed by atoms with Crippen LogP contribution in [0, 0.1) is 18.3 Å². The largest absolute Gasteiger partial charge is 0.494 e. The number of aliphatic imine (C=N–C) groups is 1. The molecule has 4 rings (SSSR count). The Bertz CT molecular complexity index is 1220. The number of ether oxygens (including phenoxy) is 1. The molecule has 2 atom stereocenters. The van der Waals surface area contributed by atoms with Gasteiger partial charge in [-0.3, -0.25) is 5.41 Å². The lowest BCUT2D eigenvalue weighted by Gasteiger charge is -2.25. The van der Waals surface area contributed by atoms with Gasteiger partial charge >= 0.3 is 0 Å². The van der Waals surface area contributed by atoms with Crippen LogP contribution in [-0.4, -0.2) is 40.9 Å². The Morgan fingerprint density at radius 2 is 2.09 bits per heavy atom. The third-order valence-corrected chi connectivity index (χ3v) is 6.68. The topological polar surface area (TPSA) is 93.5 Å². The van der Waals surface area contributed by atoms with Crippen LogP contribution in [0.4, 0.5) is 0 Å². The Morgan fingerprint density at radius 3 is 2.76 bits per heavy atom. The zero-order valence-electron chi connectivity index (χ0n) is 19.9. The summed E-state index contributed by atoms with van der Waals surface area (Å²) in [6.07, 6.45) is 9.89. The van der Waals surface area contributed by atoms with E-state index in [1.165, 1.54) is 16.7 Å². The van der Waals surface area contributed by atoms with E-state index in [-0.39, 0.29) is 17.6 Å². The molecule has 1 aromatic carbocycles. The van der Waals surface area contributed by atoms with Gasteiger partial charge in [0.05, 0.1) is 30.5 Å². The van der Waals surface area contributed by atoms with Crippen LogP contribution < -0.4 is 15.9 Å². The maximum Gasteiger partial charge on any atom is 0.198 e. The summed E-state index contributed by atoms with van der Waals surface area (Å²) in [4.78, 5) is 7.58. The molecular weight excluding hydrogens is 412 g/mol. The number of aryl methyl sites for hydroxylation is 2. The molecule has 33 heavy (non-hydrogen) atoms. The Kier molecular flexibility index (Phi) is 6.84. The molecule has 2 heterocycles. The van der Waals surface area contributed by atoms with Crippen LogP contribution in [0.1, 0.15) is 55.4 Å². The smallest absolute Gasteiger partial charge is 0.198 e. The number of aromatic hydroxyl groups is 1. The molecule has 2 aromatic rings. The first-order valence-electron chi connectivity index (χ1n) is 11.8. The number of nitrogens with zero attached hydrogens (tertiary/aromatic N) is 1. The van der Waals surface area contributed by atoms with Crippen molar-refractivity contribution in [3.8, 4) is 5.88 Å². The Balaban J connectivity index is 1.70. The molecule has 174 valence electrons. The number of hydrogen-bond donors (Lipinski definition) is 4. The van der Waals surface area contributed by atoms with Crippen LogP contribution in [0.25, 0.3) is 12.2 Å². The summed E-state index contributed by atoms with van der Waals surface area (Å²) in [5.74, 6) is 0.798. The molecule has 0 amide bonds. The monoisotopic (exact) mass is 446 g/mol. The number of aromatic nitrogens is 1. The lowest BCUT2D eigenvalue weighted by Crippen LogP contribution is -2.43. The minimum Gasteiger partial charge on any atom is -0.494 e. The summed E-state index contributed by atoms with van der Waals surface area (Å²) in [7, 11) is 0. The molecule has 6 heteroatoms. The summed E-state index contributed by atoms with van der Waals surface area (Å²) in [5, 5.41) is 24.0. The lowest BCUT2D eigenvalue weighted by molar-refractivity contribution is 0.000780. The first-order chi connectivity index (χ1) is 15.9. The zero-order valence-corrected chi connectivity index (χ0v) is 19.9. The van der Waals surface area contributed by atoms with E-state index >= 15 is 0 Å². The minimum absolute atomic E-state index is 0.102. The number of nitrogens with one attached hydrogen (secondary N) is 3. The molecule has 0 radical (unpaired) electrons. The summed E-state index contributed by atoms with van der Waals surface area (Å²) in [6, 6.07) is 7.05. The van der Waals surface area contributed by atoms with Gasteiger partial charge in [0.25, 0.3) is 0 Å². The fourth-order valence-electron chi connectivity index (χ4n) is 4.64. The molecule has 0 spiro atoms. The van der Waals surface area contributed by atoms with Gasteiger partial charge in [-0.15, -0.1) is 0 Å². The molecule has 0 bridgehead atoms. The number of hydrogen-bond acceptors (Lipinski definition) is 4. The van der Waals surface area contributed by atoms with Crippen LogP contribution >= 0.6 is 0 Å². The standard InChI is InChI=1S/C27H34N4O2/c1-5-18-8-7-16(3)21(11-18)22-13-23-24(12-19(22)6-2)31-27(32)26(23)17(4)30-25(28)9-10-29-20-14-33-15-20/h7-13,19-20,22,28-29,31-32H,5-6,14-15H2,1-4H3/b10-9-,28-25?,30-17?. The van der Waals surface area contributed by atoms with Crippen molar-refractivity contribution in [2.75, 3.05) is 13.2 Å². The number of benzene rings is 1. The fourth-order valence-corrected chi connectivity index (χ4v) is 4.64. The SMILES string of the molecule is CCc1ccc(C)c(C2C=c3c(C(C)=NC(=N)/C=C\NC4COC4)c(O)[nH]c3=CC2CC)c1. The molecule has 1 aliphatic heterocycles. The second-order valence-corrected chi connectivity index (χ2v) is 8.97. The van der Waals surface area contributed by atoms with Gasteiger partial charge in [-0.2, -0.15) is 0 Å². The van der Waals surface area contributed by atoms with E-state index in [0.717, 1.165) is 23.4 Å². The van der Waals surface area contributed by atoms with Crippen LogP contribution in [-0.2, 0) is 11.2 Å². The average molecular weight is 447 g/mol. The van der Waals surface area contributed by atoms with Crippen molar-refractivity contribution < 1.29 is 9.84 Å². The maximum atomic E-state index is 10.7. The van der Waals surface area contributed by atoms with Crippen molar-refractivity contribution in [1.29, 1.82) is 5.41 Å². The van der Waals surface area contributed by atoms with E-state index in [4.69, 9.17) is 10.1 Å². The Hall–Kier alpha value is -3.12. The van der Waals surface area contributed by atoms with E-state index in [9.17, 15) is 5.11 Å². The van der Waals surface area contributed by atoms with Gasteiger partial charge in [0.1, 0.15) is 5.84 Å². The van der Waals surface area contributed by atoms with Gasteiger partial charge in [-0.25, -0.2) is 4.99 Å². The second-order valence-electron chi connectivity index (χ2n) is 8.97. The summed E-state index contributed by atoms with van der Waals surface area (Å²) in [6.45, 7) is 9.79. The van der Waals surface area contributed by atoms with Crippen LogP contribution in [0.2, 0.25) is 0 Å². The molecule has 6 nitrogen and oxygen atoms in total. The summed E-state index contributed by atoms with van der Waals surface area (Å²) in [5.41, 5.74) is 5.24. The lowest BCUT2D eigenvalue weighted by atomic mass is 9.78. The number of aromatic amines is 1. The van der Waals surface area contributed by atoms with E-state index in [1.54, 1.807) is 12.3 Å². The van der Waals surface area contributed by atoms with Gasteiger partial charge < -0.3 is 20.1 Å². The highest BCUT2D eigenvalue weighted by Crippen LogP contribution is 2.34. The summed E-state index contributed by atoms with van der Waals surface area (Å²) >= 11 is 0. The normalized spacial score (nSPS) is 20.7. The van der Waals surface area contributed by atoms with Gasteiger partial charge in [0.2, 0.25) is 0 Å². The Labute approximate surface area is 195 Å². The van der Waals surface area contributed by atoms with E-state index in [2.05, 4.69) is 66.4 Å². The highest BCUT2D eigenvalue weighted by Gasteiger charge is 2.25. The highest BCUT2D eigenvalue weighted by atomic mass is 16.5. The van der Waals surface area contributed by atoms with E-state index in [1.807, 2.05) is 6.92 Å². The van der Waals surface area contributed by atoms with Crippen molar-refractivity contribution >= 4 is 23.7 Å². The molecule has 0 saturated carbocycles. The highest BCUT2D eigenvalue weighted by molar-refractivity contribution is 6.09. The average Bonchev–Trinajstić information content (AvgIpc) is 3.09. The predicted octanol–water partition coefficient (Wildman–Crippen LogP) is 3.26. The summed E-state index contributed by atoms with van der Waals surface area (Å²) < 4.78 is 5.13. The van der Waals surface area contributed by atoms with Crippen LogP contribution in [0.15, 0.2) is 35.5 Å². The number of fused-ring (bicyclic) bond motifs is 1. The second kappa shape index (κ2) is 9.79. The van der Waals surface area contributed by atoms with E-state index in [0.29, 0.717) is 36.4 Å². The van der Waals surface area contributed by atoms with Crippen molar-refractivity contribution in [3.05, 3.63) is 63.3 Å². The maximum absolute atomic E-state index is 10.7. The van der Waals surface area contributed by atoms with Gasteiger partial charge in [-0.1, -0.05) is 44.2 Å².